The predicted octanol–water partition coefficient (Wildman–Crippen LogP) is 6.38. The molecule has 0 saturated carbocycles. The van der Waals surface area contributed by atoms with Crippen molar-refractivity contribution in [2.24, 2.45) is 5.73 Å². The number of carbonyl (C=O) groups excluding carboxylic acids is 2. The molecule has 1 aliphatic heterocycles. The number of ether oxygens (including phenoxy) is 3. The van der Waals surface area contributed by atoms with Gasteiger partial charge in [0.05, 0.1) is 18.8 Å². The third-order valence-corrected chi connectivity index (χ3v) is 8.06. The van der Waals surface area contributed by atoms with Crippen LogP contribution in [-0.4, -0.2) is 41.8 Å². The first-order chi connectivity index (χ1) is 20.9. The zero-order valence-corrected chi connectivity index (χ0v) is 26.1. The number of benzene rings is 3. The zero-order chi connectivity index (χ0) is 32.0. The SMILES string of the molecule is CCOC(=O)c1cc(NC(=N)N)cc(C(=O)Nc2ccc(OCCCCC3(C)CCc4c(C)c(O)c(C)c(C)c4O3)cc2)c1. The van der Waals surface area contributed by atoms with Gasteiger partial charge in [-0.05, 0) is 126 Å². The smallest absolute Gasteiger partial charge is 0.338 e. The summed E-state index contributed by atoms with van der Waals surface area (Å²) in [4.78, 5) is 25.2. The molecule has 0 bridgehead atoms. The van der Waals surface area contributed by atoms with Crippen molar-refractivity contribution in [3.63, 3.8) is 0 Å². The van der Waals surface area contributed by atoms with Crippen molar-refractivity contribution < 1.29 is 28.9 Å². The summed E-state index contributed by atoms with van der Waals surface area (Å²) in [6.45, 7) is 10.5. The first kappa shape index (κ1) is 32.2. The fraction of sp³-hybridized carbons (Fsp3) is 0.382. The number of hydrogen-bond donors (Lipinski definition) is 5. The lowest BCUT2D eigenvalue weighted by Crippen LogP contribution is -2.37. The van der Waals surface area contributed by atoms with Gasteiger partial charge >= 0.3 is 5.97 Å². The summed E-state index contributed by atoms with van der Waals surface area (Å²) >= 11 is 0. The van der Waals surface area contributed by atoms with Crippen LogP contribution in [0.25, 0.3) is 0 Å². The van der Waals surface area contributed by atoms with E-state index in [1.165, 1.54) is 18.2 Å². The number of amides is 1. The first-order valence-electron chi connectivity index (χ1n) is 14.9. The molecule has 44 heavy (non-hydrogen) atoms. The Balaban J connectivity index is 1.28. The van der Waals surface area contributed by atoms with Crippen LogP contribution in [-0.2, 0) is 11.2 Å². The molecule has 0 saturated heterocycles. The number of hydrogen-bond acceptors (Lipinski definition) is 7. The normalized spacial score (nSPS) is 15.5. The van der Waals surface area contributed by atoms with E-state index in [-0.39, 0.29) is 29.3 Å². The third-order valence-electron chi connectivity index (χ3n) is 8.06. The van der Waals surface area contributed by atoms with Crippen molar-refractivity contribution in [2.45, 2.75) is 72.3 Å². The van der Waals surface area contributed by atoms with E-state index in [2.05, 4.69) is 17.6 Å². The Morgan fingerprint density at radius 1 is 1.00 bits per heavy atom. The summed E-state index contributed by atoms with van der Waals surface area (Å²) < 4.78 is 17.5. The highest BCUT2D eigenvalue weighted by atomic mass is 16.5. The van der Waals surface area contributed by atoms with Gasteiger partial charge in [-0.2, -0.15) is 0 Å². The Kier molecular flexibility index (Phi) is 10.0. The van der Waals surface area contributed by atoms with Crippen molar-refractivity contribution >= 4 is 29.2 Å². The number of anilines is 2. The van der Waals surface area contributed by atoms with E-state index < -0.39 is 11.9 Å². The number of aromatic hydroxyl groups is 1. The highest BCUT2D eigenvalue weighted by Crippen LogP contribution is 2.44. The van der Waals surface area contributed by atoms with E-state index in [1.807, 2.05) is 20.8 Å². The number of unbranched alkanes of at least 4 members (excludes halogenated alkanes) is 1. The molecule has 1 heterocycles. The molecule has 0 fully saturated rings. The lowest BCUT2D eigenvalue weighted by molar-refractivity contribution is 0.0511. The molecule has 1 aliphatic rings. The molecule has 0 aliphatic carbocycles. The van der Waals surface area contributed by atoms with Crippen molar-refractivity contribution in [1.29, 1.82) is 5.41 Å². The molecule has 4 rings (SSSR count). The van der Waals surface area contributed by atoms with Crippen LogP contribution in [0.4, 0.5) is 11.4 Å². The van der Waals surface area contributed by atoms with Crippen LogP contribution >= 0.6 is 0 Å². The van der Waals surface area contributed by atoms with Crippen LogP contribution in [0.2, 0.25) is 0 Å². The summed E-state index contributed by atoms with van der Waals surface area (Å²) in [5.41, 5.74) is 10.4. The molecule has 1 atom stereocenters. The maximum absolute atomic E-state index is 13.0. The quantitative estimate of drug-likeness (QED) is 0.0732. The van der Waals surface area contributed by atoms with Gasteiger partial charge in [0.2, 0.25) is 0 Å². The van der Waals surface area contributed by atoms with Crippen molar-refractivity contribution in [1.82, 2.24) is 0 Å². The minimum Gasteiger partial charge on any atom is -0.507 e. The number of rotatable bonds is 11. The first-order valence-corrected chi connectivity index (χ1v) is 14.9. The van der Waals surface area contributed by atoms with Gasteiger partial charge in [-0.1, -0.05) is 0 Å². The minimum atomic E-state index is -0.581. The van der Waals surface area contributed by atoms with Gasteiger partial charge in [0.1, 0.15) is 22.8 Å². The number of nitrogens with one attached hydrogen (secondary N) is 3. The average molecular weight is 603 g/mol. The van der Waals surface area contributed by atoms with Crippen molar-refractivity contribution in [2.75, 3.05) is 23.8 Å². The largest absolute Gasteiger partial charge is 0.507 e. The van der Waals surface area contributed by atoms with E-state index in [9.17, 15) is 14.7 Å². The van der Waals surface area contributed by atoms with E-state index in [0.717, 1.165) is 60.1 Å². The molecule has 0 aromatic heterocycles. The van der Waals surface area contributed by atoms with Gasteiger partial charge in [-0.15, -0.1) is 0 Å². The Bertz CT molecular complexity index is 1550. The molecule has 234 valence electrons. The molecule has 0 spiro atoms. The number of nitrogens with two attached hydrogens (primary N) is 1. The molecule has 3 aromatic carbocycles. The minimum absolute atomic E-state index is 0.168. The van der Waals surface area contributed by atoms with Crippen LogP contribution in [0, 0.1) is 26.2 Å². The Labute approximate surface area is 258 Å². The summed E-state index contributed by atoms with van der Waals surface area (Å²) in [7, 11) is 0. The van der Waals surface area contributed by atoms with E-state index in [1.54, 1.807) is 31.2 Å². The van der Waals surface area contributed by atoms with Gasteiger partial charge in [0, 0.05) is 22.5 Å². The summed E-state index contributed by atoms with van der Waals surface area (Å²) in [6.07, 6.45) is 4.50. The van der Waals surface area contributed by atoms with E-state index in [4.69, 9.17) is 25.4 Å². The molecular formula is C34H42N4O6. The predicted molar refractivity (Wildman–Crippen MR) is 171 cm³/mol. The van der Waals surface area contributed by atoms with Gasteiger partial charge < -0.3 is 35.7 Å². The van der Waals surface area contributed by atoms with Crippen LogP contribution in [0.3, 0.4) is 0 Å². The summed E-state index contributed by atoms with van der Waals surface area (Å²) in [5, 5.41) is 23.3. The van der Waals surface area contributed by atoms with Gasteiger partial charge in [0.25, 0.3) is 5.91 Å². The number of phenols is 1. The molecule has 3 aromatic rings. The second-order valence-electron chi connectivity index (χ2n) is 11.4. The number of esters is 1. The van der Waals surface area contributed by atoms with Gasteiger partial charge in [-0.3, -0.25) is 10.2 Å². The topological polar surface area (TPSA) is 156 Å². The van der Waals surface area contributed by atoms with Crippen molar-refractivity contribution in [3.05, 3.63) is 75.8 Å². The number of phenolic OH excluding ortho intramolecular Hbond substituents is 1. The zero-order valence-electron chi connectivity index (χ0n) is 26.1. The fourth-order valence-electron chi connectivity index (χ4n) is 5.42. The monoisotopic (exact) mass is 602 g/mol. The molecule has 6 N–H and O–H groups in total. The molecule has 10 heteroatoms. The lowest BCUT2D eigenvalue weighted by Gasteiger charge is -2.38. The highest BCUT2D eigenvalue weighted by molar-refractivity contribution is 6.07. The van der Waals surface area contributed by atoms with Gasteiger partial charge in [0.15, 0.2) is 5.96 Å². The second kappa shape index (κ2) is 13.7. The van der Waals surface area contributed by atoms with Crippen molar-refractivity contribution in [3.8, 4) is 17.2 Å². The number of guanidine groups is 1. The number of carbonyl (C=O) groups is 2. The average Bonchev–Trinajstić information content (AvgIpc) is 2.99. The van der Waals surface area contributed by atoms with Crippen LogP contribution < -0.4 is 25.8 Å². The maximum Gasteiger partial charge on any atom is 0.338 e. The van der Waals surface area contributed by atoms with E-state index in [0.29, 0.717) is 29.5 Å². The second-order valence-corrected chi connectivity index (χ2v) is 11.4. The lowest BCUT2D eigenvalue weighted by atomic mass is 9.85. The molecule has 0 radical (unpaired) electrons. The Hall–Kier alpha value is -4.73. The molecular weight excluding hydrogens is 560 g/mol. The highest BCUT2D eigenvalue weighted by Gasteiger charge is 2.34. The summed E-state index contributed by atoms with van der Waals surface area (Å²) in [6, 6.07) is 11.5. The Morgan fingerprint density at radius 2 is 1.70 bits per heavy atom. The maximum atomic E-state index is 13.0. The molecule has 1 amide bonds. The van der Waals surface area contributed by atoms with Crippen LogP contribution in [0.1, 0.15) is 82.5 Å². The third kappa shape index (κ3) is 7.61. The molecule has 10 nitrogen and oxygen atoms in total. The van der Waals surface area contributed by atoms with E-state index >= 15 is 0 Å². The molecule has 1 unspecified atom stereocenters. The number of fused-ring (bicyclic) bond motifs is 1. The van der Waals surface area contributed by atoms with Crippen LogP contribution in [0.5, 0.6) is 17.2 Å². The standard InChI is InChI=1S/C34H42N4O6/c1-6-42-32(41)24-17-23(18-26(19-24)38-33(35)36)31(40)37-25-9-11-27(12-10-25)43-16-8-7-14-34(5)15-13-28-22(4)29(39)20(2)21(3)30(28)44-34/h9-12,17-19,39H,6-8,13-16H2,1-5H3,(H,37,40)(H4,35,36,38). The van der Waals surface area contributed by atoms with Crippen LogP contribution in [0.15, 0.2) is 42.5 Å². The summed E-state index contributed by atoms with van der Waals surface area (Å²) in [5.74, 6) is 0.652. The Morgan fingerprint density at radius 3 is 2.39 bits per heavy atom. The fourth-order valence-corrected chi connectivity index (χ4v) is 5.42. The van der Waals surface area contributed by atoms with Gasteiger partial charge in [-0.25, -0.2) is 4.79 Å².